The van der Waals surface area contributed by atoms with Crippen LogP contribution in [-0.2, 0) is 9.53 Å². The van der Waals surface area contributed by atoms with Crippen LogP contribution in [-0.4, -0.2) is 20.1 Å². The Morgan fingerprint density at radius 2 is 1.76 bits per heavy atom. The number of amides is 1. The van der Waals surface area contributed by atoms with Gasteiger partial charge in [-0.25, -0.2) is 0 Å². The summed E-state index contributed by atoms with van der Waals surface area (Å²) in [6, 6.07) is 15.1. The number of rotatable bonds is 5. The number of hydrogen-bond acceptors (Lipinski definition) is 3. The van der Waals surface area contributed by atoms with Crippen molar-refractivity contribution in [1.29, 1.82) is 0 Å². The molecule has 1 atom stereocenters. The molecule has 21 heavy (non-hydrogen) atoms. The molecule has 0 aliphatic carbocycles. The molecule has 0 bridgehead atoms. The highest BCUT2D eigenvalue weighted by atomic mass is 16.5. The molecule has 0 aliphatic heterocycles. The fourth-order valence-corrected chi connectivity index (χ4v) is 2.08. The molecule has 0 heterocycles. The normalized spacial score (nSPS) is 11.8. The minimum atomic E-state index is -0.643. The smallest absolute Gasteiger partial charge is 0.253 e. The van der Waals surface area contributed by atoms with E-state index < -0.39 is 6.10 Å². The maximum absolute atomic E-state index is 11.8. The summed E-state index contributed by atoms with van der Waals surface area (Å²) in [6.45, 7) is 2.01. The van der Waals surface area contributed by atoms with Gasteiger partial charge < -0.3 is 14.8 Å². The Kier molecular flexibility index (Phi) is 4.95. The number of carbonyl (C=O) groups excluding carboxylic acids is 1. The summed E-state index contributed by atoms with van der Waals surface area (Å²) in [5.74, 6) is 1.25. The van der Waals surface area contributed by atoms with Crippen LogP contribution in [0.15, 0.2) is 48.5 Å². The zero-order valence-electron chi connectivity index (χ0n) is 12.4. The number of aryl methyl sites for hydroxylation is 1. The maximum atomic E-state index is 11.8. The molecular formula is C17H19NO3. The molecular weight excluding hydrogens is 266 g/mol. The number of carbonyl (C=O) groups is 1. The van der Waals surface area contributed by atoms with Gasteiger partial charge in [-0.05, 0) is 42.3 Å². The van der Waals surface area contributed by atoms with Crippen molar-refractivity contribution in [2.75, 3.05) is 14.2 Å². The second-order valence-electron chi connectivity index (χ2n) is 4.72. The van der Waals surface area contributed by atoms with Crippen LogP contribution in [0.25, 0.3) is 0 Å². The summed E-state index contributed by atoms with van der Waals surface area (Å²) in [7, 11) is 3.09. The van der Waals surface area contributed by atoms with Crippen molar-refractivity contribution >= 4 is 5.91 Å². The van der Waals surface area contributed by atoms with Gasteiger partial charge in [0.15, 0.2) is 6.10 Å². The van der Waals surface area contributed by atoms with E-state index in [4.69, 9.17) is 9.47 Å². The number of nitrogens with one attached hydrogen (secondary N) is 1. The van der Waals surface area contributed by atoms with Crippen molar-refractivity contribution in [1.82, 2.24) is 5.32 Å². The van der Waals surface area contributed by atoms with Crippen LogP contribution in [0.3, 0.4) is 0 Å². The van der Waals surface area contributed by atoms with Crippen LogP contribution in [0.4, 0.5) is 0 Å². The molecule has 0 radical (unpaired) electrons. The molecule has 110 valence electrons. The number of hydrogen-bond donors (Lipinski definition) is 1. The second kappa shape index (κ2) is 6.90. The van der Waals surface area contributed by atoms with Crippen molar-refractivity contribution in [3.05, 3.63) is 59.7 Å². The highest BCUT2D eigenvalue weighted by Gasteiger charge is 2.19. The van der Waals surface area contributed by atoms with Crippen molar-refractivity contribution in [2.24, 2.45) is 0 Å². The van der Waals surface area contributed by atoms with Gasteiger partial charge in [0.25, 0.3) is 5.91 Å². The van der Waals surface area contributed by atoms with Crippen LogP contribution < -0.4 is 10.1 Å². The van der Waals surface area contributed by atoms with E-state index in [0.717, 1.165) is 16.9 Å². The topological polar surface area (TPSA) is 47.6 Å². The predicted octanol–water partition coefficient (Wildman–Crippen LogP) is 3.22. The largest absolute Gasteiger partial charge is 0.457 e. The minimum Gasteiger partial charge on any atom is -0.457 e. The first-order chi connectivity index (χ1) is 10.1. The summed E-state index contributed by atoms with van der Waals surface area (Å²) >= 11 is 0. The van der Waals surface area contributed by atoms with Crippen LogP contribution in [0.1, 0.15) is 17.2 Å². The first kappa shape index (κ1) is 15.1. The zero-order valence-corrected chi connectivity index (χ0v) is 12.4. The zero-order chi connectivity index (χ0) is 15.2. The van der Waals surface area contributed by atoms with E-state index in [1.54, 1.807) is 7.05 Å². The van der Waals surface area contributed by atoms with Crippen LogP contribution in [0.2, 0.25) is 0 Å². The van der Waals surface area contributed by atoms with Crippen LogP contribution in [0, 0.1) is 6.92 Å². The van der Waals surface area contributed by atoms with Gasteiger partial charge in [0, 0.05) is 14.2 Å². The molecule has 0 aromatic heterocycles. The Hall–Kier alpha value is -2.33. The number of likely N-dealkylation sites (N-methyl/N-ethyl adjacent to an activating group) is 1. The molecule has 1 unspecified atom stereocenters. The molecule has 0 aliphatic rings. The lowest BCUT2D eigenvalue weighted by Gasteiger charge is -2.15. The van der Waals surface area contributed by atoms with E-state index in [-0.39, 0.29) is 5.91 Å². The third-order valence-corrected chi connectivity index (χ3v) is 3.11. The van der Waals surface area contributed by atoms with Gasteiger partial charge >= 0.3 is 0 Å². The number of ether oxygens (including phenoxy) is 2. The van der Waals surface area contributed by atoms with Crippen molar-refractivity contribution in [3.63, 3.8) is 0 Å². The molecule has 4 heteroatoms. The van der Waals surface area contributed by atoms with Crippen molar-refractivity contribution < 1.29 is 14.3 Å². The molecule has 4 nitrogen and oxygen atoms in total. The van der Waals surface area contributed by atoms with E-state index in [9.17, 15) is 4.79 Å². The second-order valence-corrected chi connectivity index (χ2v) is 4.72. The molecule has 2 aromatic carbocycles. The highest BCUT2D eigenvalue weighted by molar-refractivity contribution is 5.82. The third-order valence-electron chi connectivity index (χ3n) is 3.11. The third kappa shape index (κ3) is 3.83. The molecule has 0 spiro atoms. The highest BCUT2D eigenvalue weighted by Crippen LogP contribution is 2.26. The molecule has 2 aromatic rings. The quantitative estimate of drug-likeness (QED) is 0.917. The van der Waals surface area contributed by atoms with Gasteiger partial charge in [-0.1, -0.05) is 24.3 Å². The predicted molar refractivity (Wildman–Crippen MR) is 81.5 cm³/mol. The summed E-state index contributed by atoms with van der Waals surface area (Å²) < 4.78 is 11.1. The fourth-order valence-electron chi connectivity index (χ4n) is 2.08. The summed E-state index contributed by atoms with van der Waals surface area (Å²) in [5, 5.41) is 2.59. The Labute approximate surface area is 124 Å². The van der Waals surface area contributed by atoms with E-state index >= 15 is 0 Å². The average molecular weight is 285 g/mol. The Bertz CT molecular complexity index is 625. The lowest BCUT2D eigenvalue weighted by Crippen LogP contribution is -2.26. The fraction of sp³-hybridized carbons (Fsp3) is 0.235. The minimum absolute atomic E-state index is 0.190. The maximum Gasteiger partial charge on any atom is 0.253 e. The molecule has 0 saturated heterocycles. The molecule has 0 saturated carbocycles. The first-order valence-electron chi connectivity index (χ1n) is 6.73. The van der Waals surface area contributed by atoms with Crippen LogP contribution in [0.5, 0.6) is 11.5 Å². The summed E-state index contributed by atoms with van der Waals surface area (Å²) in [4.78, 5) is 11.8. The van der Waals surface area contributed by atoms with Gasteiger partial charge in [0.2, 0.25) is 0 Å². The average Bonchev–Trinajstić information content (AvgIpc) is 2.48. The molecule has 1 amide bonds. The van der Waals surface area contributed by atoms with Crippen LogP contribution >= 0.6 is 0 Å². The Balaban J connectivity index is 2.23. The van der Waals surface area contributed by atoms with E-state index in [0.29, 0.717) is 5.75 Å². The van der Waals surface area contributed by atoms with E-state index in [2.05, 4.69) is 5.32 Å². The number of methoxy groups -OCH3 is 1. The van der Waals surface area contributed by atoms with Gasteiger partial charge in [-0.2, -0.15) is 0 Å². The Morgan fingerprint density at radius 1 is 1.10 bits per heavy atom. The van der Waals surface area contributed by atoms with Gasteiger partial charge in [0.1, 0.15) is 11.5 Å². The standard InChI is InChI=1S/C17H19NO3/c1-12-6-4-8-14(10-12)21-15-9-5-7-13(11-15)16(20-3)17(19)18-2/h4-11,16H,1-3H3,(H,18,19). The van der Waals surface area contributed by atoms with E-state index in [1.807, 2.05) is 55.5 Å². The van der Waals surface area contributed by atoms with Gasteiger partial charge in [-0.15, -0.1) is 0 Å². The molecule has 1 N–H and O–H groups in total. The van der Waals surface area contributed by atoms with Crippen molar-refractivity contribution in [2.45, 2.75) is 13.0 Å². The number of benzene rings is 2. The lowest BCUT2D eigenvalue weighted by molar-refractivity contribution is -0.130. The summed E-state index contributed by atoms with van der Waals surface area (Å²) in [5.41, 5.74) is 1.88. The van der Waals surface area contributed by atoms with E-state index in [1.165, 1.54) is 7.11 Å². The van der Waals surface area contributed by atoms with Crippen molar-refractivity contribution in [3.8, 4) is 11.5 Å². The SMILES string of the molecule is CNC(=O)C(OC)c1cccc(Oc2cccc(C)c2)c1. The van der Waals surface area contributed by atoms with Gasteiger partial charge in [0.05, 0.1) is 0 Å². The molecule has 0 fully saturated rings. The summed E-state index contributed by atoms with van der Waals surface area (Å²) in [6.07, 6.45) is -0.643. The first-order valence-corrected chi connectivity index (χ1v) is 6.73. The Morgan fingerprint density at radius 3 is 2.38 bits per heavy atom. The monoisotopic (exact) mass is 285 g/mol. The van der Waals surface area contributed by atoms with Gasteiger partial charge in [-0.3, -0.25) is 4.79 Å². The lowest BCUT2D eigenvalue weighted by atomic mass is 10.1. The molecule has 2 rings (SSSR count).